The van der Waals surface area contributed by atoms with Gasteiger partial charge in [-0.05, 0) is 31.0 Å². The lowest BCUT2D eigenvalue weighted by Crippen LogP contribution is -2.79. The van der Waals surface area contributed by atoms with Gasteiger partial charge >= 0.3 is 11.9 Å². The molecule has 2 N–H and O–H groups in total. The lowest BCUT2D eigenvalue weighted by molar-refractivity contribution is -0.300. The van der Waals surface area contributed by atoms with Crippen molar-refractivity contribution in [2.24, 2.45) is 34.5 Å². The third-order valence-corrected chi connectivity index (χ3v) is 13.1. The van der Waals surface area contributed by atoms with Gasteiger partial charge in [0.15, 0.2) is 0 Å². The summed E-state index contributed by atoms with van der Waals surface area (Å²) in [6.07, 6.45) is -2.55. The minimum atomic E-state index is -1.55. The largest absolute Gasteiger partial charge is 0.458 e. The summed E-state index contributed by atoms with van der Waals surface area (Å²) in [7, 11) is 6.58. The molecular weight excluding hydrogens is 582 g/mol. The monoisotopic (exact) mass is 629 g/mol. The quantitative estimate of drug-likeness (QED) is 0.387. The number of esters is 2. The Kier molecular flexibility index (Phi) is 7.48. The molecule has 11 heteroatoms. The van der Waals surface area contributed by atoms with Crippen LogP contribution in [0.25, 0.3) is 0 Å². The van der Waals surface area contributed by atoms with Crippen LogP contribution in [0.1, 0.15) is 43.5 Å². The third-order valence-electron chi connectivity index (χ3n) is 13.1. The number of carbonyl (C=O) groups excluding carboxylic acids is 2. The zero-order valence-electron chi connectivity index (χ0n) is 27.0. The minimum absolute atomic E-state index is 0.163. The molecule has 1 aliphatic heterocycles. The number of hydrogen-bond donors (Lipinski definition) is 2. The standard InChI is InChI=1S/C34H47NO10/c1-7-35-16-31(17-40-3)21(37)13-22(41-4)34-20-14-32(39)23(42-5)15-33(45-18(2)36,25(28(34)35)26(43-6)27(31)34)24(20)29(32)44-30(38)19-11-9-8-10-12-19/h8-12,20-29,37,39H,7,13-17H2,1-6H3/t20-,21+,22+,23+,24-,25+,26+,27-,28-,29-,31-,32-,33+,34-/m1/s1. The van der Waals surface area contributed by atoms with Crippen LogP contribution in [0.15, 0.2) is 30.3 Å². The van der Waals surface area contributed by atoms with Crippen LogP contribution in [-0.2, 0) is 33.2 Å². The molecule has 14 atom stereocenters. The number of carbonyl (C=O) groups is 2. The molecule has 0 aromatic heterocycles. The number of benzene rings is 1. The van der Waals surface area contributed by atoms with Crippen LogP contribution < -0.4 is 0 Å². The Balaban J connectivity index is 1.50. The summed E-state index contributed by atoms with van der Waals surface area (Å²) in [5.74, 6) is -2.55. The second kappa shape index (κ2) is 10.7. The van der Waals surface area contributed by atoms with E-state index in [2.05, 4.69) is 11.8 Å². The molecule has 0 unspecified atom stereocenters. The van der Waals surface area contributed by atoms with Crippen molar-refractivity contribution in [1.82, 2.24) is 4.90 Å². The van der Waals surface area contributed by atoms with Crippen molar-refractivity contribution in [3.8, 4) is 0 Å². The zero-order valence-corrected chi connectivity index (χ0v) is 27.0. The maximum Gasteiger partial charge on any atom is 0.338 e. The van der Waals surface area contributed by atoms with Gasteiger partial charge in [0.25, 0.3) is 0 Å². The second-order valence-electron chi connectivity index (χ2n) is 14.4. The number of aliphatic hydroxyl groups excluding tert-OH is 1. The molecule has 1 spiro atoms. The van der Waals surface area contributed by atoms with E-state index in [1.807, 2.05) is 6.07 Å². The lowest BCUT2D eigenvalue weighted by atomic mass is 9.42. The first kappa shape index (κ1) is 31.5. The van der Waals surface area contributed by atoms with Crippen LogP contribution in [0, 0.1) is 34.5 Å². The smallest absolute Gasteiger partial charge is 0.338 e. The highest BCUT2D eigenvalue weighted by atomic mass is 16.6. The number of hydrogen-bond acceptors (Lipinski definition) is 11. The molecular formula is C34H47NO10. The molecule has 1 saturated heterocycles. The van der Waals surface area contributed by atoms with Gasteiger partial charge in [0.1, 0.15) is 17.3 Å². The molecule has 1 aromatic rings. The SMILES string of the molecule is CCN1C[C@]2(COC)[C@H]3[C@@H](OC)[C@H]4[C@@H]1[C@@]3([C@@H](OC)C[C@@H]2O)[C@@H]1C[C@@]2(O)[C@@H](OC)C[C@]4(OC(C)=O)[C@H]1[C@H]2OC(=O)c1ccccc1. The van der Waals surface area contributed by atoms with Crippen molar-refractivity contribution in [1.29, 1.82) is 0 Å². The van der Waals surface area contributed by atoms with Crippen LogP contribution in [0.3, 0.4) is 0 Å². The lowest BCUT2D eigenvalue weighted by Gasteiger charge is -2.70. The van der Waals surface area contributed by atoms with E-state index >= 15 is 0 Å². The summed E-state index contributed by atoms with van der Waals surface area (Å²) in [5.41, 5.74) is -3.74. The van der Waals surface area contributed by atoms with E-state index in [9.17, 15) is 19.8 Å². The van der Waals surface area contributed by atoms with Crippen molar-refractivity contribution in [2.75, 3.05) is 48.1 Å². The predicted molar refractivity (Wildman–Crippen MR) is 159 cm³/mol. The first-order valence-electron chi connectivity index (χ1n) is 16.2. The summed E-state index contributed by atoms with van der Waals surface area (Å²) >= 11 is 0. The molecule has 5 aliphatic carbocycles. The molecule has 0 amide bonds. The number of rotatable bonds is 9. The normalized spacial score (nSPS) is 49.1. The highest BCUT2D eigenvalue weighted by molar-refractivity contribution is 5.89. The first-order chi connectivity index (χ1) is 21.5. The fourth-order valence-corrected chi connectivity index (χ4v) is 12.2. The van der Waals surface area contributed by atoms with Crippen LogP contribution in [0.2, 0.25) is 0 Å². The van der Waals surface area contributed by atoms with Gasteiger partial charge in [-0.1, -0.05) is 25.1 Å². The van der Waals surface area contributed by atoms with Crippen molar-refractivity contribution in [3.63, 3.8) is 0 Å². The third kappa shape index (κ3) is 3.72. The Morgan fingerprint density at radius 3 is 2.31 bits per heavy atom. The molecule has 6 fully saturated rings. The van der Waals surface area contributed by atoms with Gasteiger partial charge in [-0.25, -0.2) is 4.79 Å². The van der Waals surface area contributed by atoms with Crippen LogP contribution in [0.4, 0.5) is 0 Å². The maximum atomic E-state index is 13.7. The van der Waals surface area contributed by atoms with Gasteiger partial charge in [0.05, 0.1) is 36.6 Å². The van der Waals surface area contributed by atoms with E-state index in [1.54, 1.807) is 52.7 Å². The number of methoxy groups -OCH3 is 4. The van der Waals surface area contributed by atoms with E-state index in [-0.39, 0.29) is 30.7 Å². The average Bonchev–Trinajstić information content (AvgIpc) is 3.40. The van der Waals surface area contributed by atoms with Gasteiger partial charge in [0, 0.05) is 89.4 Å². The summed E-state index contributed by atoms with van der Waals surface area (Å²) in [6, 6.07) is 8.56. The van der Waals surface area contributed by atoms with E-state index in [1.165, 1.54) is 6.92 Å². The fourth-order valence-electron chi connectivity index (χ4n) is 12.2. The van der Waals surface area contributed by atoms with Crippen molar-refractivity contribution in [2.45, 2.75) is 80.9 Å². The van der Waals surface area contributed by atoms with Crippen molar-refractivity contribution < 1.29 is 48.2 Å². The second-order valence-corrected chi connectivity index (χ2v) is 14.4. The Morgan fingerprint density at radius 2 is 1.71 bits per heavy atom. The Hall–Kier alpha value is -2.12. The molecule has 1 heterocycles. The average molecular weight is 630 g/mol. The molecule has 6 aliphatic rings. The van der Waals surface area contributed by atoms with Crippen molar-refractivity contribution in [3.05, 3.63) is 35.9 Å². The van der Waals surface area contributed by atoms with Gasteiger partial charge < -0.3 is 38.6 Å². The Morgan fingerprint density at radius 1 is 1.00 bits per heavy atom. The van der Waals surface area contributed by atoms with E-state index in [4.69, 9.17) is 28.4 Å². The highest BCUT2D eigenvalue weighted by Gasteiger charge is 2.90. The minimum Gasteiger partial charge on any atom is -0.458 e. The topological polar surface area (TPSA) is 133 Å². The number of aliphatic hydroxyl groups is 2. The number of nitrogens with zero attached hydrogens (tertiary/aromatic N) is 1. The number of likely N-dealkylation sites (tertiary alicyclic amines) is 1. The predicted octanol–water partition coefficient (Wildman–Crippen LogP) is 1.68. The molecule has 0 radical (unpaired) electrons. The van der Waals surface area contributed by atoms with Gasteiger partial charge in [0.2, 0.25) is 0 Å². The Bertz CT molecular complexity index is 1330. The summed E-state index contributed by atoms with van der Waals surface area (Å²) in [4.78, 5) is 29.3. The Labute approximate surface area is 264 Å². The number of ether oxygens (including phenoxy) is 6. The van der Waals surface area contributed by atoms with Crippen LogP contribution in [-0.4, -0.2) is 123 Å². The molecule has 248 valence electrons. The van der Waals surface area contributed by atoms with Crippen molar-refractivity contribution >= 4 is 11.9 Å². The summed E-state index contributed by atoms with van der Waals surface area (Å²) in [5, 5.41) is 24.8. The number of fused-ring (bicyclic) bond motifs is 2. The summed E-state index contributed by atoms with van der Waals surface area (Å²) in [6.45, 7) is 5.08. The zero-order chi connectivity index (χ0) is 32.1. The van der Waals surface area contributed by atoms with Gasteiger partial charge in [-0.3, -0.25) is 9.69 Å². The van der Waals surface area contributed by atoms with E-state index < -0.39 is 76.3 Å². The summed E-state index contributed by atoms with van der Waals surface area (Å²) < 4.78 is 37.9. The first-order valence-corrected chi connectivity index (χ1v) is 16.2. The number of piperidine rings is 1. The van der Waals surface area contributed by atoms with Crippen LogP contribution in [0.5, 0.6) is 0 Å². The van der Waals surface area contributed by atoms with Gasteiger partial charge in [-0.15, -0.1) is 0 Å². The van der Waals surface area contributed by atoms with Gasteiger partial charge in [-0.2, -0.15) is 0 Å². The molecule has 11 nitrogen and oxygen atoms in total. The molecule has 5 saturated carbocycles. The molecule has 7 rings (SSSR count). The van der Waals surface area contributed by atoms with Crippen LogP contribution >= 0.6 is 0 Å². The maximum absolute atomic E-state index is 13.7. The van der Waals surface area contributed by atoms with E-state index in [0.717, 1.165) is 0 Å². The fraction of sp³-hybridized carbons (Fsp3) is 0.765. The molecule has 45 heavy (non-hydrogen) atoms. The molecule has 7 bridgehead atoms. The van der Waals surface area contributed by atoms with E-state index in [0.29, 0.717) is 31.7 Å². The molecule has 1 aromatic carbocycles. The highest BCUT2D eigenvalue weighted by Crippen LogP contribution is 2.80.